The first kappa shape index (κ1) is 32.2. The number of hydrogen-bond donors (Lipinski definition) is 3. The maximum Gasteiger partial charge on any atom is 0.385 e. The van der Waals surface area contributed by atoms with Crippen LogP contribution in [-0.4, -0.2) is 62.6 Å². The van der Waals surface area contributed by atoms with Crippen LogP contribution in [0, 0.1) is 100 Å². The molecule has 4 aliphatic carbocycles. The maximum absolute atomic E-state index is 13.2. The fourth-order valence-corrected chi connectivity index (χ4v) is 7.60. The average Bonchev–Trinajstić information content (AvgIpc) is 3.38. The Bertz CT molecular complexity index is 1790. The number of carbonyl (C=O) groups is 3. The third-order valence-corrected chi connectivity index (χ3v) is 9.36. The van der Waals surface area contributed by atoms with Gasteiger partial charge in [-0.2, -0.15) is 0 Å². The first-order valence-corrected chi connectivity index (χ1v) is 14.0. The Hall–Kier alpha value is -4.67. The fraction of sp³-hybridized carbons (Fsp3) is 0.472. The maximum atomic E-state index is 13.2. The quantitative estimate of drug-likeness (QED) is 0.194. The molecule has 3 N–H and O–H groups in total. The van der Waals surface area contributed by atoms with Crippen LogP contribution in [0.3, 0.4) is 0 Å². The molecule has 4 rings (SSSR count). The van der Waals surface area contributed by atoms with Gasteiger partial charge in [-0.25, -0.2) is 4.79 Å². The molecule has 0 heterocycles. The van der Waals surface area contributed by atoms with Gasteiger partial charge in [-0.1, -0.05) is 38.8 Å². The van der Waals surface area contributed by atoms with Gasteiger partial charge in [0.2, 0.25) is 0 Å². The van der Waals surface area contributed by atoms with Crippen molar-refractivity contribution in [1.82, 2.24) is 0 Å². The van der Waals surface area contributed by atoms with E-state index in [1.807, 2.05) is 13.8 Å². The molecule has 0 aromatic heterocycles. The summed E-state index contributed by atoms with van der Waals surface area (Å²) < 4.78 is 11.8. The summed E-state index contributed by atoms with van der Waals surface area (Å²) in [5.41, 5.74) is -5.34. The summed E-state index contributed by atoms with van der Waals surface area (Å²) in [6, 6.07) is 0. The first-order valence-electron chi connectivity index (χ1n) is 14.0. The number of Topliss-reactive ketones (excluding diaryl/α,β-unsaturated/α-hetero) is 1. The number of fused-ring (bicyclic) bond motifs is 5. The zero-order valence-electron chi connectivity index (χ0n) is 25.3. The van der Waals surface area contributed by atoms with Crippen LogP contribution in [0.4, 0.5) is 0 Å². The minimum atomic E-state index is -2.01. The van der Waals surface area contributed by atoms with Gasteiger partial charge in [-0.05, 0) is 84.2 Å². The summed E-state index contributed by atoms with van der Waals surface area (Å²) in [5, 5.41) is 34.6. The summed E-state index contributed by atoms with van der Waals surface area (Å²) in [7, 11) is 0. The monoisotopic (exact) mass is 606 g/mol. The van der Waals surface area contributed by atoms with Gasteiger partial charge in [0.25, 0.3) is 0 Å². The highest BCUT2D eigenvalue weighted by atomic mass is 16.6. The normalized spacial score (nSPS) is 34.6. The van der Waals surface area contributed by atoms with Crippen LogP contribution in [0.5, 0.6) is 0 Å². The Morgan fingerprint density at radius 1 is 1.00 bits per heavy atom. The third-order valence-electron chi connectivity index (χ3n) is 9.36. The molecule has 0 spiro atoms. The van der Waals surface area contributed by atoms with Crippen molar-refractivity contribution in [3.05, 3.63) is 23.3 Å². The zero-order valence-corrected chi connectivity index (χ0v) is 25.3. The Morgan fingerprint density at radius 2 is 1.57 bits per heavy atom. The number of ether oxygens (including phenoxy) is 2. The lowest BCUT2D eigenvalue weighted by atomic mass is 9.59. The number of hydrogen-bond acceptors (Lipinski definition) is 8. The van der Waals surface area contributed by atoms with E-state index in [0.29, 0.717) is 5.57 Å². The van der Waals surface area contributed by atoms with E-state index in [2.05, 4.69) is 71.0 Å². The molecule has 0 amide bonds. The van der Waals surface area contributed by atoms with Crippen LogP contribution in [0.1, 0.15) is 57.9 Å². The smallest absolute Gasteiger partial charge is 0.385 e. The molecule has 0 aliphatic heterocycles. The molecule has 238 valence electrons. The highest BCUT2D eigenvalue weighted by Gasteiger charge is 2.87. The minimum absolute atomic E-state index is 0. The van der Waals surface area contributed by atoms with Crippen LogP contribution in [-0.2, 0) is 23.9 Å². The Labute approximate surface area is 268 Å². The van der Waals surface area contributed by atoms with E-state index in [4.69, 9.17) is 9.47 Å². The van der Waals surface area contributed by atoms with Crippen LogP contribution in [0.15, 0.2) is 23.3 Å². The largest absolute Gasteiger partial charge is 0.454 e. The summed E-state index contributed by atoms with van der Waals surface area (Å²) >= 11 is 0. The standard InChI is InChI=1S/C36H32O8.7H2/c1-7-8-9-10-11-12-13-14-15-16-17-18-29(39)43-32-24(3)35(42)27(30-33(5,6)36(30,32)44-25(4)38)20-26(22-37)21-34(41)28(35)19-23(2)31(34)40;;;;;;;/h19-20,24,27-28,30,32,37,41-42H,21-22H2,1-6H3;7*1H/t24-,27+,28-,30-,32-,34-,35-,36-;;;;;;;/m1......./s1. The van der Waals surface area contributed by atoms with E-state index in [-0.39, 0.29) is 22.0 Å². The van der Waals surface area contributed by atoms with Gasteiger partial charge in [0, 0.05) is 58.3 Å². The van der Waals surface area contributed by atoms with Crippen molar-refractivity contribution in [1.29, 1.82) is 0 Å². The van der Waals surface area contributed by atoms with E-state index >= 15 is 0 Å². The number of ketones is 1. The van der Waals surface area contributed by atoms with Crippen molar-refractivity contribution < 1.29 is 49.2 Å². The molecule has 2 fully saturated rings. The zero-order chi connectivity index (χ0) is 32.5. The fourth-order valence-electron chi connectivity index (χ4n) is 7.60. The van der Waals surface area contributed by atoms with Crippen molar-refractivity contribution in [2.75, 3.05) is 6.61 Å². The molecule has 8 nitrogen and oxygen atoms in total. The summed E-state index contributed by atoms with van der Waals surface area (Å²) in [5.74, 6) is 24.1. The molecular formula is C36H46O8. The lowest BCUT2D eigenvalue weighted by Gasteiger charge is -2.52. The van der Waals surface area contributed by atoms with E-state index in [1.165, 1.54) is 6.92 Å². The van der Waals surface area contributed by atoms with Gasteiger partial charge >= 0.3 is 11.9 Å². The molecule has 8 atom stereocenters. The predicted molar refractivity (Wildman–Crippen MR) is 173 cm³/mol. The van der Waals surface area contributed by atoms with E-state index in [9.17, 15) is 29.7 Å². The van der Waals surface area contributed by atoms with Gasteiger partial charge in [0.1, 0.15) is 11.7 Å². The van der Waals surface area contributed by atoms with Crippen molar-refractivity contribution in [3.63, 3.8) is 0 Å². The summed E-state index contributed by atoms with van der Waals surface area (Å²) in [6.45, 7) is 9.34. The van der Waals surface area contributed by atoms with Crippen molar-refractivity contribution >= 4 is 17.7 Å². The Balaban J connectivity index is -0.00000158. The third kappa shape index (κ3) is 4.99. The van der Waals surface area contributed by atoms with Gasteiger partial charge in [0.05, 0.1) is 12.2 Å². The first-order chi connectivity index (χ1) is 20.7. The predicted octanol–water partition coefficient (Wildman–Crippen LogP) is 2.81. The molecule has 0 aromatic rings. The average molecular weight is 607 g/mol. The number of carbonyl (C=O) groups excluding carboxylic acids is 3. The second-order valence-corrected chi connectivity index (χ2v) is 12.0. The number of esters is 2. The highest BCUT2D eigenvalue weighted by Crippen LogP contribution is 2.77. The topological polar surface area (TPSA) is 130 Å². The van der Waals surface area contributed by atoms with E-state index < -0.39 is 76.3 Å². The van der Waals surface area contributed by atoms with Crippen molar-refractivity contribution in [2.24, 2.45) is 29.1 Å². The van der Waals surface area contributed by atoms with E-state index in [0.717, 1.165) is 0 Å². The lowest BCUT2D eigenvalue weighted by Crippen LogP contribution is -2.66. The van der Waals surface area contributed by atoms with Gasteiger partial charge in [0.15, 0.2) is 11.4 Å². The lowest BCUT2D eigenvalue weighted by molar-refractivity contribution is -0.226. The number of aliphatic hydroxyl groups excluding tert-OH is 1. The van der Waals surface area contributed by atoms with Crippen molar-refractivity contribution in [2.45, 2.75) is 70.9 Å². The second kappa shape index (κ2) is 11.8. The molecule has 0 unspecified atom stereocenters. The summed E-state index contributed by atoms with van der Waals surface area (Å²) in [4.78, 5) is 38.7. The van der Waals surface area contributed by atoms with Crippen LogP contribution in [0.25, 0.3) is 0 Å². The van der Waals surface area contributed by atoms with E-state index in [1.54, 1.807) is 32.9 Å². The molecule has 2 saturated carbocycles. The van der Waals surface area contributed by atoms with Gasteiger partial charge in [-0.3, -0.25) is 9.59 Å². The second-order valence-electron chi connectivity index (χ2n) is 12.0. The molecule has 0 bridgehead atoms. The number of rotatable bonds is 3. The summed E-state index contributed by atoms with van der Waals surface area (Å²) in [6.07, 6.45) is 1.86. The minimum Gasteiger partial charge on any atom is -0.454 e. The van der Waals surface area contributed by atoms with Gasteiger partial charge in [-0.15, -0.1) is 0 Å². The Morgan fingerprint density at radius 3 is 2.11 bits per heavy atom. The molecule has 0 saturated heterocycles. The van der Waals surface area contributed by atoms with Crippen molar-refractivity contribution in [3.8, 4) is 71.0 Å². The highest BCUT2D eigenvalue weighted by molar-refractivity contribution is 6.04. The number of aliphatic hydroxyl groups is 3. The van der Waals surface area contributed by atoms with Gasteiger partial charge < -0.3 is 24.8 Å². The molecular weight excluding hydrogens is 560 g/mol. The molecule has 0 radical (unpaired) electrons. The molecule has 44 heavy (non-hydrogen) atoms. The SMILES string of the molecule is CC#CC#CC#CC#CC#CC#CC(=O)O[C@@H]1[C@@H](C)[C@@]2(O)[C@@H](C=C(CO)C[C@]3(O)C(=O)C(C)=C[C@@H]23)[C@@H]2C(C)(C)[C@]12OC(C)=O.[HH].[HH].[HH].[HH].[HH].[HH].[HH]. The van der Waals surface area contributed by atoms with Crippen LogP contribution in [0.2, 0.25) is 0 Å². The molecule has 0 aromatic carbocycles. The Kier molecular flexibility index (Phi) is 8.64. The van der Waals surface area contributed by atoms with Crippen LogP contribution < -0.4 is 0 Å². The molecule has 4 aliphatic rings. The molecule has 8 heteroatoms. The van der Waals surface area contributed by atoms with Crippen LogP contribution >= 0.6 is 0 Å².